The van der Waals surface area contributed by atoms with Crippen molar-refractivity contribution in [2.45, 2.75) is 30.2 Å². The Balaban J connectivity index is 1.42. The number of rotatable bonds is 8. The van der Waals surface area contributed by atoms with Gasteiger partial charge in [0.15, 0.2) is 11.0 Å². The third-order valence-corrected chi connectivity index (χ3v) is 5.64. The minimum absolute atomic E-state index is 0.141. The lowest BCUT2D eigenvalue weighted by molar-refractivity contribution is -0.141. The Labute approximate surface area is 191 Å². The second kappa shape index (κ2) is 10.0. The van der Waals surface area contributed by atoms with E-state index < -0.39 is 12.7 Å². The lowest BCUT2D eigenvalue weighted by atomic mass is 10.2. The third kappa shape index (κ3) is 6.32. The molecule has 0 amide bonds. The number of thioether (sulfide) groups is 1. The summed E-state index contributed by atoms with van der Waals surface area (Å²) < 4.78 is 59.3. The number of hydrogen-bond acceptors (Lipinski definition) is 5. The summed E-state index contributed by atoms with van der Waals surface area (Å²) in [5.74, 6) is 0.875. The predicted molar refractivity (Wildman–Crippen MR) is 116 cm³/mol. The maximum atomic E-state index is 13.2. The summed E-state index contributed by atoms with van der Waals surface area (Å²) in [7, 11) is 0. The molecule has 170 valence electrons. The van der Waals surface area contributed by atoms with Crippen LogP contribution in [0.15, 0.2) is 78.2 Å². The van der Waals surface area contributed by atoms with Crippen LogP contribution >= 0.6 is 11.8 Å². The van der Waals surface area contributed by atoms with Crippen molar-refractivity contribution >= 4 is 11.8 Å². The molecule has 2 heterocycles. The molecule has 5 nitrogen and oxygen atoms in total. The molecule has 0 fully saturated rings. The monoisotopic (exact) mass is 474 g/mol. The van der Waals surface area contributed by atoms with Crippen LogP contribution in [0.3, 0.4) is 0 Å². The average Bonchev–Trinajstić information content (AvgIpc) is 3.19. The van der Waals surface area contributed by atoms with E-state index in [1.54, 1.807) is 36.4 Å². The highest BCUT2D eigenvalue weighted by Crippen LogP contribution is 2.30. The fourth-order valence-corrected chi connectivity index (χ4v) is 3.90. The molecule has 0 aliphatic heterocycles. The van der Waals surface area contributed by atoms with Crippen LogP contribution < -0.4 is 4.74 Å². The molecular weight excluding hydrogens is 456 g/mol. The second-order valence-electron chi connectivity index (χ2n) is 7.09. The van der Waals surface area contributed by atoms with Gasteiger partial charge in [-0.3, -0.25) is 9.55 Å². The summed E-state index contributed by atoms with van der Waals surface area (Å²) >= 11 is 1.17. The Kier molecular flexibility index (Phi) is 6.93. The molecule has 10 heteroatoms. The average molecular weight is 474 g/mol. The van der Waals surface area contributed by atoms with Gasteiger partial charge in [-0.2, -0.15) is 13.2 Å². The van der Waals surface area contributed by atoms with Crippen molar-refractivity contribution in [3.63, 3.8) is 0 Å². The predicted octanol–water partition coefficient (Wildman–Crippen LogP) is 5.91. The largest absolute Gasteiger partial charge is 0.489 e. The normalized spacial score (nSPS) is 11.5. The van der Waals surface area contributed by atoms with Gasteiger partial charge in [0.2, 0.25) is 0 Å². The number of benzene rings is 2. The van der Waals surface area contributed by atoms with E-state index in [0.717, 1.165) is 15.7 Å². The van der Waals surface area contributed by atoms with Crippen LogP contribution in [0.25, 0.3) is 11.4 Å². The van der Waals surface area contributed by atoms with Gasteiger partial charge >= 0.3 is 6.18 Å². The zero-order valence-corrected chi connectivity index (χ0v) is 18.0. The summed E-state index contributed by atoms with van der Waals surface area (Å²) in [6.45, 7) is -0.886. The summed E-state index contributed by atoms with van der Waals surface area (Å²) in [6, 6.07) is 16.5. The Morgan fingerprint density at radius 1 is 0.848 bits per heavy atom. The van der Waals surface area contributed by atoms with Gasteiger partial charge in [-0.15, -0.1) is 10.2 Å². The van der Waals surface area contributed by atoms with Crippen molar-refractivity contribution in [3.05, 3.63) is 90.0 Å². The lowest BCUT2D eigenvalue weighted by Crippen LogP contribution is -2.19. The Morgan fingerprint density at radius 2 is 1.52 bits per heavy atom. The molecule has 33 heavy (non-hydrogen) atoms. The molecule has 0 unspecified atom stereocenters. The highest BCUT2D eigenvalue weighted by molar-refractivity contribution is 7.98. The van der Waals surface area contributed by atoms with Crippen LogP contribution in [0, 0.1) is 5.82 Å². The number of alkyl halides is 3. The number of nitrogens with zero attached hydrogens (tertiary/aromatic N) is 4. The fourth-order valence-electron chi connectivity index (χ4n) is 3.01. The van der Waals surface area contributed by atoms with Gasteiger partial charge in [0.05, 0.1) is 0 Å². The van der Waals surface area contributed by atoms with E-state index in [0.29, 0.717) is 23.7 Å². The molecular formula is C23H18F4N4OS. The fraction of sp³-hybridized carbons (Fsp3) is 0.174. The summed E-state index contributed by atoms with van der Waals surface area (Å²) in [5, 5.41) is 8.14. The molecule has 0 saturated carbocycles. The van der Waals surface area contributed by atoms with Crippen LogP contribution in [0.5, 0.6) is 5.75 Å². The van der Waals surface area contributed by atoms with E-state index in [-0.39, 0.29) is 16.8 Å². The van der Waals surface area contributed by atoms with Gasteiger partial charge in [0, 0.05) is 23.7 Å². The number of halogens is 4. The molecule has 4 rings (SSSR count). The smallest absolute Gasteiger partial charge is 0.406 e. The first-order valence-electron chi connectivity index (χ1n) is 9.87. The quantitative estimate of drug-likeness (QED) is 0.235. The summed E-state index contributed by atoms with van der Waals surface area (Å²) in [6.07, 6.45) is -1.42. The van der Waals surface area contributed by atoms with Crippen molar-refractivity contribution in [1.82, 2.24) is 19.7 Å². The first kappa shape index (κ1) is 22.8. The number of hydrogen-bond donors (Lipinski definition) is 0. The molecule has 0 atom stereocenters. The van der Waals surface area contributed by atoms with Crippen molar-refractivity contribution in [2.24, 2.45) is 0 Å². The highest BCUT2D eigenvalue weighted by atomic mass is 32.2. The molecule has 0 aliphatic carbocycles. The Hall–Kier alpha value is -3.40. The zero-order chi connectivity index (χ0) is 23.3. The van der Waals surface area contributed by atoms with E-state index in [9.17, 15) is 17.6 Å². The molecule has 0 radical (unpaired) electrons. The molecule has 0 aliphatic rings. The van der Waals surface area contributed by atoms with Crippen LogP contribution in [-0.4, -0.2) is 25.9 Å². The van der Waals surface area contributed by atoms with E-state index in [4.69, 9.17) is 4.74 Å². The van der Waals surface area contributed by atoms with Gasteiger partial charge in [0.25, 0.3) is 0 Å². The van der Waals surface area contributed by atoms with Crippen LogP contribution in [-0.2, 0) is 18.9 Å². The van der Waals surface area contributed by atoms with Gasteiger partial charge < -0.3 is 4.74 Å². The molecule has 0 saturated heterocycles. The Bertz CT molecular complexity index is 1180. The number of aromatic nitrogens is 4. The van der Waals surface area contributed by atoms with Gasteiger partial charge in [-0.1, -0.05) is 36.0 Å². The molecule has 2 aromatic heterocycles. The third-order valence-electron chi connectivity index (χ3n) is 4.60. The molecule has 0 spiro atoms. The molecule has 2 aromatic carbocycles. The highest BCUT2D eigenvalue weighted by Gasteiger charge is 2.31. The van der Waals surface area contributed by atoms with E-state index >= 15 is 0 Å². The SMILES string of the molecule is Fc1ccc(COc2ccc(CSc3nnc(-c4ccncc4)n3CC(F)(F)F)cc2)cc1. The number of ether oxygens (including phenoxy) is 1. The summed E-state index contributed by atoms with van der Waals surface area (Å²) in [4.78, 5) is 3.89. The van der Waals surface area contributed by atoms with Crippen LogP contribution in [0.2, 0.25) is 0 Å². The van der Waals surface area contributed by atoms with E-state index in [1.807, 2.05) is 12.1 Å². The summed E-state index contributed by atoms with van der Waals surface area (Å²) in [5.41, 5.74) is 2.24. The maximum absolute atomic E-state index is 13.2. The first-order chi connectivity index (χ1) is 15.9. The van der Waals surface area contributed by atoms with E-state index in [2.05, 4.69) is 15.2 Å². The minimum Gasteiger partial charge on any atom is -0.489 e. The van der Waals surface area contributed by atoms with Crippen molar-refractivity contribution < 1.29 is 22.3 Å². The van der Waals surface area contributed by atoms with Crippen molar-refractivity contribution in [1.29, 1.82) is 0 Å². The standard InChI is InChI=1S/C23H18F4N4OS/c24-19-5-1-16(2-6-19)13-32-20-7-3-17(4-8-20)14-33-22-30-29-21(18-9-11-28-12-10-18)31(22)15-23(25,26)27/h1-12H,13-15H2. The van der Waals surface area contributed by atoms with Crippen LogP contribution in [0.1, 0.15) is 11.1 Å². The van der Waals surface area contributed by atoms with Gasteiger partial charge in [0.1, 0.15) is 24.7 Å². The molecule has 0 N–H and O–H groups in total. The van der Waals surface area contributed by atoms with E-state index in [1.165, 1.54) is 36.3 Å². The number of pyridine rings is 1. The van der Waals surface area contributed by atoms with Gasteiger partial charge in [-0.05, 0) is 47.5 Å². The zero-order valence-electron chi connectivity index (χ0n) is 17.2. The first-order valence-corrected chi connectivity index (χ1v) is 10.9. The molecule has 4 aromatic rings. The van der Waals surface area contributed by atoms with Crippen LogP contribution in [0.4, 0.5) is 17.6 Å². The van der Waals surface area contributed by atoms with Crippen molar-refractivity contribution in [3.8, 4) is 17.1 Å². The lowest BCUT2D eigenvalue weighted by Gasteiger charge is -2.12. The maximum Gasteiger partial charge on any atom is 0.406 e. The topological polar surface area (TPSA) is 52.8 Å². The minimum atomic E-state index is -4.41. The van der Waals surface area contributed by atoms with Gasteiger partial charge in [-0.25, -0.2) is 4.39 Å². The molecule has 0 bridgehead atoms. The Morgan fingerprint density at radius 3 is 2.18 bits per heavy atom. The van der Waals surface area contributed by atoms with Crippen molar-refractivity contribution in [2.75, 3.05) is 0 Å². The second-order valence-corrected chi connectivity index (χ2v) is 8.03.